The zero-order valence-corrected chi connectivity index (χ0v) is 18.0. The molecule has 3 aromatic rings. The zero-order chi connectivity index (χ0) is 22.5. The summed E-state index contributed by atoms with van der Waals surface area (Å²) >= 11 is 0. The van der Waals surface area contributed by atoms with E-state index in [2.05, 4.69) is 10.6 Å². The first-order valence-corrected chi connectivity index (χ1v) is 10.4. The quantitative estimate of drug-likeness (QED) is 0.557. The van der Waals surface area contributed by atoms with Crippen LogP contribution in [-0.4, -0.2) is 23.8 Å². The van der Waals surface area contributed by atoms with Gasteiger partial charge in [0.05, 0.1) is 19.6 Å². The molecule has 0 spiro atoms. The van der Waals surface area contributed by atoms with Gasteiger partial charge in [-0.1, -0.05) is 24.3 Å². The van der Waals surface area contributed by atoms with Crippen molar-refractivity contribution in [2.45, 2.75) is 19.4 Å². The Morgan fingerprint density at radius 3 is 2.19 bits per heavy atom. The first-order valence-electron chi connectivity index (χ1n) is 10.4. The Morgan fingerprint density at radius 2 is 1.53 bits per heavy atom. The average Bonchev–Trinajstić information content (AvgIpc) is 2.81. The van der Waals surface area contributed by atoms with E-state index < -0.39 is 0 Å². The molecule has 1 aliphatic heterocycles. The number of hydrogen-bond acceptors (Lipinski definition) is 4. The first-order chi connectivity index (χ1) is 15.5. The smallest absolute Gasteiger partial charge is 0.226 e. The van der Waals surface area contributed by atoms with E-state index in [1.54, 1.807) is 18.2 Å². The van der Waals surface area contributed by atoms with Gasteiger partial charge < -0.3 is 20.3 Å². The van der Waals surface area contributed by atoms with Crippen molar-refractivity contribution in [2.75, 3.05) is 17.7 Å². The van der Waals surface area contributed by atoms with Crippen LogP contribution in [-0.2, 0) is 9.59 Å². The molecule has 32 heavy (non-hydrogen) atoms. The standard InChI is InChI=1S/C26H25N3O3/c1-18(30)29-16-15-19-5-3-4-6-24(19)25(29)17-26(31)28-22-9-7-20(8-10-22)27-21-11-13-23(32-2)14-12-21/h3-16,25,27H,17H2,1-2H3,(H,28,31). The molecule has 1 heterocycles. The molecule has 162 valence electrons. The molecule has 6 nitrogen and oxygen atoms in total. The summed E-state index contributed by atoms with van der Waals surface area (Å²) < 4.78 is 5.17. The second kappa shape index (κ2) is 9.39. The summed E-state index contributed by atoms with van der Waals surface area (Å²) in [7, 11) is 1.64. The number of nitrogens with zero attached hydrogens (tertiary/aromatic N) is 1. The fourth-order valence-corrected chi connectivity index (χ4v) is 3.78. The van der Waals surface area contributed by atoms with Crippen molar-refractivity contribution in [2.24, 2.45) is 0 Å². The predicted octanol–water partition coefficient (Wildman–Crippen LogP) is 5.34. The van der Waals surface area contributed by atoms with Gasteiger partial charge in [-0.15, -0.1) is 0 Å². The van der Waals surface area contributed by atoms with E-state index in [9.17, 15) is 9.59 Å². The van der Waals surface area contributed by atoms with Crippen LogP contribution in [0.3, 0.4) is 0 Å². The van der Waals surface area contributed by atoms with Crippen LogP contribution in [0.5, 0.6) is 5.75 Å². The average molecular weight is 428 g/mol. The maximum atomic E-state index is 12.8. The van der Waals surface area contributed by atoms with Crippen LogP contribution in [0.4, 0.5) is 17.1 Å². The van der Waals surface area contributed by atoms with Gasteiger partial charge in [0.1, 0.15) is 5.75 Å². The first kappa shape index (κ1) is 21.2. The van der Waals surface area contributed by atoms with Gasteiger partial charge in [0.15, 0.2) is 0 Å². The largest absolute Gasteiger partial charge is 0.497 e. The Kier molecular flexibility index (Phi) is 6.22. The molecule has 2 N–H and O–H groups in total. The van der Waals surface area contributed by atoms with Crippen LogP contribution >= 0.6 is 0 Å². The topological polar surface area (TPSA) is 70.7 Å². The maximum absolute atomic E-state index is 12.8. The van der Waals surface area contributed by atoms with E-state index in [1.165, 1.54) is 6.92 Å². The van der Waals surface area contributed by atoms with Crippen molar-refractivity contribution in [1.82, 2.24) is 4.90 Å². The highest BCUT2D eigenvalue weighted by Crippen LogP contribution is 2.33. The SMILES string of the molecule is COc1ccc(Nc2ccc(NC(=O)CC3c4ccccc4C=CN3C(C)=O)cc2)cc1. The van der Waals surface area contributed by atoms with Crippen LogP contribution in [0.25, 0.3) is 6.08 Å². The molecule has 0 fully saturated rings. The lowest BCUT2D eigenvalue weighted by molar-refractivity contribution is -0.129. The van der Waals surface area contributed by atoms with Crippen LogP contribution in [0, 0.1) is 0 Å². The molecular formula is C26H25N3O3. The zero-order valence-electron chi connectivity index (χ0n) is 18.0. The molecule has 0 saturated heterocycles. The fraction of sp³-hybridized carbons (Fsp3) is 0.154. The van der Waals surface area contributed by atoms with Crippen LogP contribution < -0.4 is 15.4 Å². The van der Waals surface area contributed by atoms with Gasteiger partial charge >= 0.3 is 0 Å². The van der Waals surface area contributed by atoms with E-state index in [0.717, 1.165) is 28.3 Å². The van der Waals surface area contributed by atoms with Crippen molar-refractivity contribution in [3.8, 4) is 5.75 Å². The van der Waals surface area contributed by atoms with Gasteiger partial charge in [0.2, 0.25) is 11.8 Å². The number of anilines is 3. The monoisotopic (exact) mass is 427 g/mol. The van der Waals surface area contributed by atoms with Crippen LogP contribution in [0.1, 0.15) is 30.5 Å². The Labute approximate surface area is 187 Å². The summed E-state index contributed by atoms with van der Waals surface area (Å²) in [6.45, 7) is 1.51. The molecule has 6 heteroatoms. The Bertz CT molecular complexity index is 1140. The van der Waals surface area contributed by atoms with Gasteiger partial charge in [0.25, 0.3) is 0 Å². The number of hydrogen-bond donors (Lipinski definition) is 2. The van der Waals surface area contributed by atoms with Gasteiger partial charge in [-0.2, -0.15) is 0 Å². The molecule has 0 aromatic heterocycles. The van der Waals surface area contributed by atoms with Gasteiger partial charge in [0, 0.05) is 30.2 Å². The molecule has 1 atom stereocenters. The lowest BCUT2D eigenvalue weighted by atomic mass is 9.93. The van der Waals surface area contributed by atoms with E-state index >= 15 is 0 Å². The highest BCUT2D eigenvalue weighted by molar-refractivity contribution is 5.92. The Morgan fingerprint density at radius 1 is 0.906 bits per heavy atom. The summed E-state index contributed by atoms with van der Waals surface area (Å²) in [5.74, 6) is 0.553. The van der Waals surface area contributed by atoms with Gasteiger partial charge in [-0.3, -0.25) is 9.59 Å². The van der Waals surface area contributed by atoms with Crippen molar-refractivity contribution in [1.29, 1.82) is 0 Å². The lowest BCUT2D eigenvalue weighted by Gasteiger charge is -2.32. The number of amides is 2. The number of benzene rings is 3. The van der Waals surface area contributed by atoms with Crippen LogP contribution in [0.2, 0.25) is 0 Å². The summed E-state index contributed by atoms with van der Waals surface area (Å²) in [6.07, 6.45) is 3.83. The van der Waals surface area contributed by atoms with Gasteiger partial charge in [-0.25, -0.2) is 0 Å². The molecular weight excluding hydrogens is 402 g/mol. The van der Waals surface area contributed by atoms with E-state index in [1.807, 2.05) is 78.9 Å². The van der Waals surface area contributed by atoms with Crippen molar-refractivity contribution in [3.05, 3.63) is 90.1 Å². The number of carbonyl (C=O) groups is 2. The molecule has 1 unspecified atom stereocenters. The Balaban J connectivity index is 1.41. The molecule has 3 aromatic carbocycles. The van der Waals surface area contributed by atoms with Crippen molar-refractivity contribution in [3.63, 3.8) is 0 Å². The van der Waals surface area contributed by atoms with Crippen molar-refractivity contribution < 1.29 is 14.3 Å². The maximum Gasteiger partial charge on any atom is 0.226 e. The minimum Gasteiger partial charge on any atom is -0.497 e. The fourth-order valence-electron chi connectivity index (χ4n) is 3.78. The molecule has 0 bridgehead atoms. The third kappa shape index (κ3) is 4.81. The normalized spacial score (nSPS) is 14.4. The van der Waals surface area contributed by atoms with Crippen LogP contribution in [0.15, 0.2) is 79.0 Å². The van der Waals surface area contributed by atoms with Crippen molar-refractivity contribution >= 4 is 35.0 Å². The second-order valence-corrected chi connectivity index (χ2v) is 7.57. The molecule has 4 rings (SSSR count). The summed E-state index contributed by atoms with van der Waals surface area (Å²) in [5.41, 5.74) is 4.54. The minimum absolute atomic E-state index is 0.0949. The predicted molar refractivity (Wildman–Crippen MR) is 127 cm³/mol. The number of nitrogens with one attached hydrogen (secondary N) is 2. The third-order valence-electron chi connectivity index (χ3n) is 5.40. The molecule has 0 radical (unpaired) electrons. The number of rotatable bonds is 6. The highest BCUT2D eigenvalue weighted by atomic mass is 16.5. The number of ether oxygens (including phenoxy) is 1. The third-order valence-corrected chi connectivity index (χ3v) is 5.40. The van der Waals surface area contributed by atoms with Gasteiger partial charge in [-0.05, 0) is 65.7 Å². The lowest BCUT2D eigenvalue weighted by Crippen LogP contribution is -2.33. The molecule has 0 saturated carbocycles. The molecule has 2 amide bonds. The summed E-state index contributed by atoms with van der Waals surface area (Å²) in [6, 6.07) is 22.7. The Hall–Kier alpha value is -4.06. The molecule has 0 aliphatic carbocycles. The van der Waals surface area contributed by atoms with E-state index in [-0.39, 0.29) is 24.3 Å². The summed E-state index contributed by atoms with van der Waals surface area (Å²) in [5, 5.41) is 6.25. The summed E-state index contributed by atoms with van der Waals surface area (Å²) in [4.78, 5) is 26.5. The molecule has 1 aliphatic rings. The highest BCUT2D eigenvalue weighted by Gasteiger charge is 2.28. The number of carbonyl (C=O) groups excluding carboxylic acids is 2. The van der Waals surface area contributed by atoms with E-state index in [0.29, 0.717) is 5.69 Å². The number of methoxy groups -OCH3 is 1. The second-order valence-electron chi connectivity index (χ2n) is 7.57. The van der Waals surface area contributed by atoms with E-state index in [4.69, 9.17) is 4.74 Å². The minimum atomic E-state index is -0.329. The number of fused-ring (bicyclic) bond motifs is 1.